The summed E-state index contributed by atoms with van der Waals surface area (Å²) in [5.74, 6) is -1.68. The summed E-state index contributed by atoms with van der Waals surface area (Å²) < 4.78 is 52.8. The van der Waals surface area contributed by atoms with Gasteiger partial charge in [0.1, 0.15) is 11.6 Å². The van der Waals surface area contributed by atoms with Gasteiger partial charge in [-0.2, -0.15) is 4.31 Å². The smallest absolute Gasteiger partial charge is 0.243 e. The van der Waals surface area contributed by atoms with Crippen LogP contribution in [0.5, 0.6) is 0 Å². The number of rotatable bonds is 3. The lowest BCUT2D eigenvalue weighted by atomic mass is 9.93. The molecule has 0 spiro atoms. The molecule has 1 saturated heterocycles. The topological polar surface area (TPSA) is 63.4 Å². The van der Waals surface area contributed by atoms with Crippen molar-refractivity contribution in [1.82, 2.24) is 4.31 Å². The van der Waals surface area contributed by atoms with Gasteiger partial charge in [-0.15, -0.1) is 0 Å². The van der Waals surface area contributed by atoms with E-state index in [1.807, 2.05) is 6.92 Å². The lowest BCUT2D eigenvalue weighted by Crippen LogP contribution is -2.51. The van der Waals surface area contributed by atoms with Gasteiger partial charge >= 0.3 is 0 Å². The third-order valence-corrected chi connectivity index (χ3v) is 5.65. The van der Waals surface area contributed by atoms with Crippen molar-refractivity contribution >= 4 is 10.0 Å². The lowest BCUT2D eigenvalue weighted by Gasteiger charge is -2.38. The van der Waals surface area contributed by atoms with Crippen molar-refractivity contribution in [3.63, 3.8) is 0 Å². The second kappa shape index (κ2) is 5.75. The quantitative estimate of drug-likeness (QED) is 0.924. The molecule has 20 heavy (non-hydrogen) atoms. The maximum atomic E-state index is 13.2. The minimum absolute atomic E-state index is 0.127. The molecule has 1 aromatic carbocycles. The molecule has 0 saturated carbocycles. The van der Waals surface area contributed by atoms with Crippen LogP contribution in [0.3, 0.4) is 0 Å². The molecule has 2 unspecified atom stereocenters. The number of nitrogens with zero attached hydrogens (tertiary/aromatic N) is 1. The summed E-state index contributed by atoms with van der Waals surface area (Å²) in [6.07, 6.45) is 1.61. The molecule has 0 aromatic heterocycles. The predicted octanol–water partition coefficient (Wildman–Crippen LogP) is 1.71. The van der Waals surface area contributed by atoms with Crippen LogP contribution in [-0.4, -0.2) is 31.9 Å². The molecule has 2 N–H and O–H groups in total. The van der Waals surface area contributed by atoms with E-state index in [1.54, 1.807) is 0 Å². The van der Waals surface area contributed by atoms with Crippen LogP contribution in [0.1, 0.15) is 19.8 Å². The Morgan fingerprint density at radius 3 is 2.45 bits per heavy atom. The number of hydrogen-bond donors (Lipinski definition) is 1. The molecule has 1 aliphatic heterocycles. The van der Waals surface area contributed by atoms with Gasteiger partial charge < -0.3 is 5.73 Å². The Hall–Kier alpha value is -1.05. The van der Waals surface area contributed by atoms with E-state index in [-0.39, 0.29) is 23.4 Å². The molecule has 2 rings (SSSR count). The van der Waals surface area contributed by atoms with E-state index in [4.69, 9.17) is 5.73 Å². The Labute approximate surface area is 117 Å². The zero-order chi connectivity index (χ0) is 14.9. The monoisotopic (exact) mass is 304 g/mol. The van der Waals surface area contributed by atoms with Crippen molar-refractivity contribution in [2.24, 2.45) is 11.7 Å². The molecule has 1 aromatic rings. The fourth-order valence-electron chi connectivity index (χ4n) is 2.67. The van der Waals surface area contributed by atoms with Gasteiger partial charge in [0.25, 0.3) is 0 Å². The maximum Gasteiger partial charge on any atom is 0.243 e. The van der Waals surface area contributed by atoms with Crippen LogP contribution in [0, 0.1) is 17.6 Å². The van der Waals surface area contributed by atoms with Gasteiger partial charge in [0.2, 0.25) is 10.0 Å². The van der Waals surface area contributed by atoms with Crippen LogP contribution >= 0.6 is 0 Å². The van der Waals surface area contributed by atoms with Crippen LogP contribution in [0.25, 0.3) is 0 Å². The van der Waals surface area contributed by atoms with Gasteiger partial charge in [-0.05, 0) is 30.9 Å². The summed E-state index contributed by atoms with van der Waals surface area (Å²) in [5, 5.41) is 0. The van der Waals surface area contributed by atoms with Gasteiger partial charge in [0.15, 0.2) is 0 Å². The fraction of sp³-hybridized carbons (Fsp3) is 0.538. The highest BCUT2D eigenvalue weighted by molar-refractivity contribution is 7.89. The Morgan fingerprint density at radius 2 is 1.90 bits per heavy atom. The van der Waals surface area contributed by atoms with Crippen LogP contribution in [0.15, 0.2) is 23.1 Å². The minimum Gasteiger partial charge on any atom is -0.329 e. The van der Waals surface area contributed by atoms with Crippen molar-refractivity contribution in [1.29, 1.82) is 0 Å². The second-order valence-corrected chi connectivity index (χ2v) is 7.03. The third-order valence-electron chi connectivity index (χ3n) is 3.75. The molecule has 4 nitrogen and oxygen atoms in total. The normalized spacial score (nSPS) is 24.8. The SMILES string of the molecule is CC1CCCN(S(=O)(=O)c2cc(F)cc(F)c2)C1CN. The first kappa shape index (κ1) is 15.3. The molecule has 112 valence electrons. The van der Waals surface area contributed by atoms with Crippen molar-refractivity contribution in [3.8, 4) is 0 Å². The summed E-state index contributed by atoms with van der Waals surface area (Å²) >= 11 is 0. The van der Waals surface area contributed by atoms with E-state index in [0.717, 1.165) is 18.6 Å². The molecular formula is C13H18F2N2O2S. The summed E-state index contributed by atoms with van der Waals surface area (Å²) in [4.78, 5) is -0.359. The summed E-state index contributed by atoms with van der Waals surface area (Å²) in [6, 6.07) is 1.99. The predicted molar refractivity (Wildman–Crippen MR) is 71.5 cm³/mol. The summed E-state index contributed by atoms with van der Waals surface area (Å²) in [7, 11) is -3.93. The van der Waals surface area contributed by atoms with Crippen LogP contribution in [-0.2, 0) is 10.0 Å². The van der Waals surface area contributed by atoms with Crippen LogP contribution < -0.4 is 5.73 Å². The highest BCUT2D eigenvalue weighted by Gasteiger charge is 2.36. The zero-order valence-electron chi connectivity index (χ0n) is 11.2. The highest BCUT2D eigenvalue weighted by atomic mass is 32.2. The van der Waals surface area contributed by atoms with Crippen molar-refractivity contribution in [2.75, 3.05) is 13.1 Å². The van der Waals surface area contributed by atoms with Gasteiger partial charge in [-0.25, -0.2) is 17.2 Å². The van der Waals surface area contributed by atoms with E-state index >= 15 is 0 Å². The first-order valence-corrected chi connectivity index (χ1v) is 7.98. The number of benzene rings is 1. The Morgan fingerprint density at radius 1 is 1.30 bits per heavy atom. The number of halogens is 2. The van der Waals surface area contributed by atoms with Gasteiger partial charge in [-0.1, -0.05) is 6.92 Å². The molecule has 1 fully saturated rings. The molecule has 7 heteroatoms. The van der Waals surface area contributed by atoms with Crippen LogP contribution in [0.4, 0.5) is 8.78 Å². The Bertz CT molecular complexity index is 572. The summed E-state index contributed by atoms with van der Waals surface area (Å²) in [5.41, 5.74) is 5.66. The molecule has 0 bridgehead atoms. The fourth-order valence-corrected chi connectivity index (χ4v) is 4.49. The number of hydrogen-bond acceptors (Lipinski definition) is 3. The molecule has 1 heterocycles. The lowest BCUT2D eigenvalue weighted by molar-refractivity contribution is 0.192. The van der Waals surface area contributed by atoms with E-state index in [1.165, 1.54) is 4.31 Å². The average Bonchev–Trinajstić information content (AvgIpc) is 2.37. The maximum absolute atomic E-state index is 13.2. The van der Waals surface area contributed by atoms with Crippen molar-refractivity contribution in [2.45, 2.75) is 30.7 Å². The van der Waals surface area contributed by atoms with E-state index in [0.29, 0.717) is 19.0 Å². The van der Waals surface area contributed by atoms with E-state index in [9.17, 15) is 17.2 Å². The summed E-state index contributed by atoms with van der Waals surface area (Å²) in [6.45, 7) is 2.45. The minimum atomic E-state index is -3.93. The van der Waals surface area contributed by atoms with E-state index < -0.39 is 21.7 Å². The molecule has 0 radical (unpaired) electrons. The van der Waals surface area contributed by atoms with Crippen molar-refractivity contribution < 1.29 is 17.2 Å². The number of nitrogens with two attached hydrogens (primary N) is 1. The second-order valence-electron chi connectivity index (χ2n) is 5.14. The Kier molecular flexibility index (Phi) is 4.41. The third kappa shape index (κ3) is 2.84. The van der Waals surface area contributed by atoms with Gasteiger partial charge in [-0.3, -0.25) is 0 Å². The highest BCUT2D eigenvalue weighted by Crippen LogP contribution is 2.29. The number of piperidine rings is 1. The van der Waals surface area contributed by atoms with Crippen LogP contribution in [0.2, 0.25) is 0 Å². The molecule has 0 amide bonds. The first-order valence-electron chi connectivity index (χ1n) is 6.54. The average molecular weight is 304 g/mol. The molecule has 1 aliphatic rings. The molecule has 0 aliphatic carbocycles. The molecular weight excluding hydrogens is 286 g/mol. The van der Waals surface area contributed by atoms with Gasteiger partial charge in [0.05, 0.1) is 4.90 Å². The first-order chi connectivity index (χ1) is 9.36. The number of sulfonamides is 1. The largest absolute Gasteiger partial charge is 0.329 e. The molecule has 2 atom stereocenters. The zero-order valence-corrected chi connectivity index (χ0v) is 12.0. The van der Waals surface area contributed by atoms with Gasteiger partial charge in [0, 0.05) is 25.2 Å². The van der Waals surface area contributed by atoms with Crippen molar-refractivity contribution in [3.05, 3.63) is 29.8 Å². The Balaban J connectivity index is 2.42. The van der Waals surface area contributed by atoms with E-state index in [2.05, 4.69) is 0 Å². The standard InChI is InChI=1S/C13H18F2N2O2S/c1-9-3-2-4-17(13(9)8-16)20(18,19)12-6-10(14)5-11(15)7-12/h5-7,9,13H,2-4,8,16H2,1H3.